The van der Waals surface area contributed by atoms with Crippen molar-refractivity contribution in [2.24, 2.45) is 5.73 Å². The zero-order valence-electron chi connectivity index (χ0n) is 8.79. The standard InChI is InChI=1S/C11H14BrNO2/c1-7-5-8(12)3-4-9(7)10(13)6-11(14)15-2/h3-5,10H,6,13H2,1-2H3/t10-/m1/s1. The average molecular weight is 272 g/mol. The van der Waals surface area contributed by atoms with Crippen LogP contribution in [0.15, 0.2) is 22.7 Å². The lowest BCUT2D eigenvalue weighted by Gasteiger charge is -2.13. The molecule has 0 saturated heterocycles. The van der Waals surface area contributed by atoms with Crippen LogP contribution in [0.3, 0.4) is 0 Å². The third kappa shape index (κ3) is 3.32. The topological polar surface area (TPSA) is 52.3 Å². The highest BCUT2D eigenvalue weighted by atomic mass is 79.9. The number of halogens is 1. The molecule has 4 heteroatoms. The van der Waals surface area contributed by atoms with Gasteiger partial charge in [-0.1, -0.05) is 22.0 Å². The van der Waals surface area contributed by atoms with Crippen LogP contribution in [-0.4, -0.2) is 13.1 Å². The van der Waals surface area contributed by atoms with E-state index in [-0.39, 0.29) is 18.4 Å². The molecule has 0 heterocycles. The van der Waals surface area contributed by atoms with E-state index in [0.29, 0.717) is 0 Å². The molecule has 0 aliphatic rings. The number of methoxy groups -OCH3 is 1. The minimum absolute atomic E-state index is 0.207. The van der Waals surface area contributed by atoms with Crippen molar-refractivity contribution in [3.8, 4) is 0 Å². The predicted molar refractivity (Wildman–Crippen MR) is 62.4 cm³/mol. The Morgan fingerprint density at radius 2 is 2.27 bits per heavy atom. The summed E-state index contributed by atoms with van der Waals surface area (Å²) in [5.41, 5.74) is 7.95. The van der Waals surface area contributed by atoms with Gasteiger partial charge in [-0.25, -0.2) is 0 Å². The summed E-state index contributed by atoms with van der Waals surface area (Å²) in [6.07, 6.45) is 0.207. The van der Waals surface area contributed by atoms with E-state index >= 15 is 0 Å². The van der Waals surface area contributed by atoms with Crippen LogP contribution in [0.4, 0.5) is 0 Å². The molecule has 0 aliphatic heterocycles. The van der Waals surface area contributed by atoms with E-state index < -0.39 is 0 Å². The monoisotopic (exact) mass is 271 g/mol. The fraction of sp³-hybridized carbons (Fsp3) is 0.364. The van der Waals surface area contributed by atoms with Crippen LogP contribution in [0.5, 0.6) is 0 Å². The maximum absolute atomic E-state index is 11.1. The van der Waals surface area contributed by atoms with Crippen molar-refractivity contribution >= 4 is 21.9 Å². The molecule has 3 nitrogen and oxygen atoms in total. The normalized spacial score (nSPS) is 12.3. The molecule has 15 heavy (non-hydrogen) atoms. The van der Waals surface area contributed by atoms with Gasteiger partial charge in [0.15, 0.2) is 0 Å². The number of carbonyl (C=O) groups excluding carboxylic acids is 1. The first-order valence-corrected chi connectivity index (χ1v) is 5.42. The van der Waals surface area contributed by atoms with Crippen LogP contribution >= 0.6 is 15.9 Å². The highest BCUT2D eigenvalue weighted by molar-refractivity contribution is 9.10. The largest absolute Gasteiger partial charge is 0.469 e. The molecule has 0 amide bonds. The number of ether oxygens (including phenoxy) is 1. The van der Waals surface area contributed by atoms with Crippen LogP contribution in [-0.2, 0) is 9.53 Å². The molecule has 2 N–H and O–H groups in total. The van der Waals surface area contributed by atoms with Crippen molar-refractivity contribution in [1.82, 2.24) is 0 Å². The number of benzene rings is 1. The number of aryl methyl sites for hydroxylation is 1. The molecule has 0 aromatic heterocycles. The molecular formula is C11H14BrNO2. The molecule has 0 aliphatic carbocycles. The summed E-state index contributed by atoms with van der Waals surface area (Å²) >= 11 is 3.38. The summed E-state index contributed by atoms with van der Waals surface area (Å²) in [6.45, 7) is 1.97. The Kier molecular flexibility index (Phi) is 4.29. The molecule has 0 spiro atoms. The highest BCUT2D eigenvalue weighted by Gasteiger charge is 2.13. The summed E-state index contributed by atoms with van der Waals surface area (Å²) in [4.78, 5) is 11.1. The Morgan fingerprint density at radius 3 is 2.80 bits per heavy atom. The van der Waals surface area contributed by atoms with E-state index in [9.17, 15) is 4.79 Å². The lowest BCUT2D eigenvalue weighted by Crippen LogP contribution is -2.17. The van der Waals surface area contributed by atoms with Gasteiger partial charge >= 0.3 is 5.97 Å². The average Bonchev–Trinajstić information content (AvgIpc) is 2.17. The third-order valence-corrected chi connectivity index (χ3v) is 2.74. The molecule has 0 bridgehead atoms. The molecule has 1 rings (SSSR count). The maximum atomic E-state index is 11.1. The Hall–Kier alpha value is -0.870. The fourth-order valence-electron chi connectivity index (χ4n) is 1.43. The van der Waals surface area contributed by atoms with E-state index in [4.69, 9.17) is 5.73 Å². The first-order valence-electron chi connectivity index (χ1n) is 4.63. The molecule has 0 radical (unpaired) electrons. The molecule has 1 aromatic rings. The number of hydrogen-bond donors (Lipinski definition) is 1. The number of rotatable bonds is 3. The van der Waals surface area contributed by atoms with Crippen molar-refractivity contribution in [3.63, 3.8) is 0 Å². The second-order valence-corrected chi connectivity index (χ2v) is 4.30. The van der Waals surface area contributed by atoms with Gasteiger partial charge in [-0.3, -0.25) is 4.79 Å². The number of hydrogen-bond acceptors (Lipinski definition) is 3. The van der Waals surface area contributed by atoms with Crippen LogP contribution in [0.2, 0.25) is 0 Å². The number of esters is 1. The summed E-state index contributed by atoms with van der Waals surface area (Å²) in [5.74, 6) is -0.287. The van der Waals surface area contributed by atoms with Gasteiger partial charge in [0.05, 0.1) is 13.5 Å². The summed E-state index contributed by atoms with van der Waals surface area (Å²) in [7, 11) is 1.36. The van der Waals surface area contributed by atoms with Gasteiger partial charge in [0.1, 0.15) is 0 Å². The van der Waals surface area contributed by atoms with Crippen molar-refractivity contribution < 1.29 is 9.53 Å². The van der Waals surface area contributed by atoms with E-state index in [1.165, 1.54) is 7.11 Å². The van der Waals surface area contributed by atoms with Gasteiger partial charge in [0, 0.05) is 10.5 Å². The van der Waals surface area contributed by atoms with Gasteiger partial charge in [0.25, 0.3) is 0 Å². The second-order valence-electron chi connectivity index (χ2n) is 3.39. The minimum Gasteiger partial charge on any atom is -0.469 e. The molecule has 1 aromatic carbocycles. The fourth-order valence-corrected chi connectivity index (χ4v) is 1.90. The van der Waals surface area contributed by atoms with Crippen LogP contribution < -0.4 is 5.73 Å². The molecular weight excluding hydrogens is 258 g/mol. The summed E-state index contributed by atoms with van der Waals surface area (Å²) < 4.78 is 5.59. The smallest absolute Gasteiger partial charge is 0.307 e. The van der Waals surface area contributed by atoms with Crippen molar-refractivity contribution in [2.45, 2.75) is 19.4 Å². The van der Waals surface area contributed by atoms with Gasteiger partial charge in [-0.05, 0) is 30.2 Å². The zero-order valence-corrected chi connectivity index (χ0v) is 10.4. The first kappa shape index (κ1) is 12.2. The number of nitrogens with two attached hydrogens (primary N) is 1. The Bertz CT molecular complexity index is 366. The molecule has 82 valence electrons. The van der Waals surface area contributed by atoms with E-state index in [2.05, 4.69) is 20.7 Å². The van der Waals surface area contributed by atoms with Crippen LogP contribution in [0, 0.1) is 6.92 Å². The zero-order chi connectivity index (χ0) is 11.4. The van der Waals surface area contributed by atoms with Gasteiger partial charge < -0.3 is 10.5 Å². The van der Waals surface area contributed by atoms with Crippen LogP contribution in [0.1, 0.15) is 23.6 Å². The van der Waals surface area contributed by atoms with Gasteiger partial charge in [0.2, 0.25) is 0 Å². The lowest BCUT2D eigenvalue weighted by molar-refractivity contribution is -0.141. The third-order valence-electron chi connectivity index (χ3n) is 2.25. The SMILES string of the molecule is COC(=O)C[C@@H](N)c1ccc(Br)cc1C. The summed E-state index contributed by atoms with van der Waals surface area (Å²) in [6, 6.07) is 5.52. The maximum Gasteiger partial charge on any atom is 0.307 e. The number of carbonyl (C=O) groups is 1. The first-order chi connectivity index (χ1) is 7.04. The van der Waals surface area contributed by atoms with E-state index in [1.807, 2.05) is 25.1 Å². The van der Waals surface area contributed by atoms with Crippen molar-refractivity contribution in [3.05, 3.63) is 33.8 Å². The van der Waals surface area contributed by atoms with E-state index in [0.717, 1.165) is 15.6 Å². The van der Waals surface area contributed by atoms with E-state index in [1.54, 1.807) is 0 Å². The summed E-state index contributed by atoms with van der Waals surface area (Å²) in [5, 5.41) is 0. The van der Waals surface area contributed by atoms with Crippen molar-refractivity contribution in [1.29, 1.82) is 0 Å². The predicted octanol–water partition coefficient (Wildman–Crippen LogP) is 2.32. The Balaban J connectivity index is 2.82. The second kappa shape index (κ2) is 5.28. The Morgan fingerprint density at radius 1 is 1.60 bits per heavy atom. The lowest BCUT2D eigenvalue weighted by atomic mass is 10.00. The van der Waals surface area contributed by atoms with Gasteiger partial charge in [-0.15, -0.1) is 0 Å². The Labute approximate surface area is 97.7 Å². The van der Waals surface area contributed by atoms with Crippen LogP contribution in [0.25, 0.3) is 0 Å². The molecule has 1 atom stereocenters. The minimum atomic E-state index is -0.300. The van der Waals surface area contributed by atoms with Gasteiger partial charge in [-0.2, -0.15) is 0 Å². The van der Waals surface area contributed by atoms with Crippen molar-refractivity contribution in [2.75, 3.05) is 7.11 Å². The molecule has 0 fully saturated rings. The molecule has 0 unspecified atom stereocenters. The quantitative estimate of drug-likeness (QED) is 0.859. The molecule has 0 saturated carbocycles. The highest BCUT2D eigenvalue weighted by Crippen LogP contribution is 2.22.